The van der Waals surface area contributed by atoms with Crippen molar-refractivity contribution in [1.82, 2.24) is 0 Å². The van der Waals surface area contributed by atoms with E-state index in [-0.39, 0.29) is 0 Å². The number of benzene rings is 1. The molecule has 0 fully saturated rings. The van der Waals surface area contributed by atoms with Crippen LogP contribution in [0.25, 0.3) is 0 Å². The van der Waals surface area contributed by atoms with Gasteiger partial charge in [-0.1, -0.05) is 19.1 Å². The van der Waals surface area contributed by atoms with E-state index >= 15 is 0 Å². The number of carbonyl (C=O) groups excluding carboxylic acids is 2. The highest BCUT2D eigenvalue weighted by Crippen LogP contribution is 2.25. The molecule has 1 aromatic rings. The first-order chi connectivity index (χ1) is 8.60. The molecule has 0 saturated carbocycles. The number of halogens is 1. The molecule has 0 aromatic heterocycles. The van der Waals surface area contributed by atoms with Gasteiger partial charge in [-0.15, -0.1) is 11.6 Å². The fraction of sp³-hybridized carbons (Fsp3) is 0.385. The van der Waals surface area contributed by atoms with Crippen molar-refractivity contribution >= 4 is 23.4 Å². The van der Waals surface area contributed by atoms with E-state index in [2.05, 4.69) is 4.74 Å². The molecule has 4 nitrogen and oxygen atoms in total. The van der Waals surface area contributed by atoms with E-state index in [1.165, 1.54) is 0 Å². The molecule has 5 heteroatoms. The average molecular weight is 271 g/mol. The lowest BCUT2D eigenvalue weighted by Gasteiger charge is -2.10. The van der Waals surface area contributed by atoms with Crippen molar-refractivity contribution in [3.05, 3.63) is 29.8 Å². The minimum Gasteiger partial charge on any atom is -0.494 e. The number of rotatable bonds is 6. The standard InChI is InChI=1S/C13H15ClO4/c1-3-7-18-10-6-4-5-9(8-10)11(14)12(15)13(16)17-2/h4-6,8,11H,3,7H2,1-2H3. The van der Waals surface area contributed by atoms with Crippen molar-refractivity contribution in [2.24, 2.45) is 0 Å². The number of ketones is 1. The van der Waals surface area contributed by atoms with Gasteiger partial charge >= 0.3 is 5.97 Å². The number of alkyl halides is 1. The van der Waals surface area contributed by atoms with Gasteiger partial charge < -0.3 is 9.47 Å². The van der Waals surface area contributed by atoms with Crippen LogP contribution in [0.5, 0.6) is 5.75 Å². The summed E-state index contributed by atoms with van der Waals surface area (Å²) in [6.07, 6.45) is 0.885. The molecule has 0 heterocycles. The third kappa shape index (κ3) is 3.74. The average Bonchev–Trinajstić information content (AvgIpc) is 2.42. The summed E-state index contributed by atoms with van der Waals surface area (Å²) in [5.74, 6) is -1.11. The Morgan fingerprint density at radius 3 is 2.72 bits per heavy atom. The largest absolute Gasteiger partial charge is 0.494 e. The smallest absolute Gasteiger partial charge is 0.376 e. The van der Waals surface area contributed by atoms with E-state index in [9.17, 15) is 9.59 Å². The van der Waals surface area contributed by atoms with Gasteiger partial charge in [0.15, 0.2) is 0 Å². The number of esters is 1. The van der Waals surface area contributed by atoms with Crippen LogP contribution in [0.4, 0.5) is 0 Å². The molecular formula is C13H15ClO4. The molecular weight excluding hydrogens is 256 g/mol. The summed E-state index contributed by atoms with van der Waals surface area (Å²) < 4.78 is 9.77. The summed E-state index contributed by atoms with van der Waals surface area (Å²) in [7, 11) is 1.14. The highest BCUT2D eigenvalue weighted by Gasteiger charge is 2.25. The zero-order chi connectivity index (χ0) is 13.5. The molecule has 1 aromatic carbocycles. The molecule has 0 saturated heterocycles. The second-order valence-corrected chi connectivity index (χ2v) is 4.08. The molecule has 1 unspecified atom stereocenters. The minimum absolute atomic E-state index is 0.515. The van der Waals surface area contributed by atoms with Crippen LogP contribution >= 0.6 is 11.6 Å². The number of Topliss-reactive ketones (excluding diaryl/α,β-unsaturated/α-hetero) is 1. The van der Waals surface area contributed by atoms with Crippen LogP contribution in [0.2, 0.25) is 0 Å². The van der Waals surface area contributed by atoms with Gasteiger partial charge in [0.25, 0.3) is 5.78 Å². The second kappa shape index (κ2) is 7.01. The van der Waals surface area contributed by atoms with E-state index in [1.807, 2.05) is 6.92 Å². The number of hydrogen-bond donors (Lipinski definition) is 0. The monoisotopic (exact) mass is 270 g/mol. The maximum atomic E-state index is 11.6. The molecule has 98 valence electrons. The summed E-state index contributed by atoms with van der Waals surface area (Å²) in [5, 5.41) is -1.05. The van der Waals surface area contributed by atoms with Crippen LogP contribution in [-0.4, -0.2) is 25.5 Å². The lowest BCUT2D eigenvalue weighted by molar-refractivity contribution is -0.151. The maximum Gasteiger partial charge on any atom is 0.376 e. The zero-order valence-corrected chi connectivity index (χ0v) is 11.1. The number of methoxy groups -OCH3 is 1. The Labute approximate surface area is 111 Å². The van der Waals surface area contributed by atoms with Crippen molar-refractivity contribution in [2.75, 3.05) is 13.7 Å². The fourth-order valence-electron chi connectivity index (χ4n) is 1.34. The highest BCUT2D eigenvalue weighted by atomic mass is 35.5. The van der Waals surface area contributed by atoms with Crippen LogP contribution < -0.4 is 4.74 Å². The lowest BCUT2D eigenvalue weighted by Crippen LogP contribution is -2.20. The molecule has 1 rings (SSSR count). The summed E-state index contributed by atoms with van der Waals surface area (Å²) in [6.45, 7) is 2.58. The molecule has 0 aliphatic carbocycles. The lowest BCUT2D eigenvalue weighted by atomic mass is 10.1. The molecule has 0 aliphatic rings. The number of ether oxygens (including phenoxy) is 2. The normalized spacial score (nSPS) is 11.7. The summed E-state index contributed by atoms with van der Waals surface area (Å²) in [5.41, 5.74) is 0.515. The Hall–Kier alpha value is -1.55. The van der Waals surface area contributed by atoms with Gasteiger partial charge in [0.1, 0.15) is 11.1 Å². The van der Waals surface area contributed by atoms with Crippen LogP contribution in [-0.2, 0) is 14.3 Å². The highest BCUT2D eigenvalue weighted by molar-refractivity contribution is 6.47. The molecule has 0 amide bonds. The van der Waals surface area contributed by atoms with Gasteiger partial charge in [-0.25, -0.2) is 4.79 Å². The van der Waals surface area contributed by atoms with Crippen LogP contribution in [0.3, 0.4) is 0 Å². The molecule has 0 spiro atoms. The molecule has 0 aliphatic heterocycles. The Bertz CT molecular complexity index is 431. The molecule has 0 N–H and O–H groups in total. The first-order valence-electron chi connectivity index (χ1n) is 5.59. The van der Waals surface area contributed by atoms with Crippen LogP contribution in [0, 0.1) is 0 Å². The minimum atomic E-state index is -1.05. The molecule has 18 heavy (non-hydrogen) atoms. The van der Waals surface area contributed by atoms with E-state index in [0.29, 0.717) is 17.9 Å². The van der Waals surface area contributed by atoms with Gasteiger partial charge in [0.2, 0.25) is 0 Å². The molecule has 1 atom stereocenters. The quantitative estimate of drug-likeness (QED) is 0.453. The number of carbonyl (C=O) groups is 2. The molecule has 0 radical (unpaired) electrons. The summed E-state index contributed by atoms with van der Waals surface area (Å²) in [4.78, 5) is 22.6. The first kappa shape index (κ1) is 14.5. The van der Waals surface area contributed by atoms with Crippen molar-refractivity contribution < 1.29 is 19.1 Å². The van der Waals surface area contributed by atoms with Crippen LogP contribution in [0.15, 0.2) is 24.3 Å². The van der Waals surface area contributed by atoms with Gasteiger partial charge in [0, 0.05) is 0 Å². The van der Waals surface area contributed by atoms with Crippen molar-refractivity contribution in [1.29, 1.82) is 0 Å². The Kier molecular flexibility index (Phi) is 5.65. The van der Waals surface area contributed by atoms with E-state index in [0.717, 1.165) is 13.5 Å². The molecule has 0 bridgehead atoms. The van der Waals surface area contributed by atoms with Crippen molar-refractivity contribution in [2.45, 2.75) is 18.7 Å². The summed E-state index contributed by atoms with van der Waals surface area (Å²) in [6, 6.07) is 6.80. The Balaban J connectivity index is 2.82. The van der Waals surface area contributed by atoms with E-state index < -0.39 is 17.1 Å². The zero-order valence-electron chi connectivity index (χ0n) is 10.3. The SMILES string of the molecule is CCCOc1cccc(C(Cl)C(=O)C(=O)OC)c1. The Morgan fingerprint density at radius 2 is 2.11 bits per heavy atom. The maximum absolute atomic E-state index is 11.6. The van der Waals surface area contributed by atoms with Gasteiger partial charge in [-0.2, -0.15) is 0 Å². The summed E-state index contributed by atoms with van der Waals surface area (Å²) >= 11 is 5.93. The van der Waals surface area contributed by atoms with Gasteiger partial charge in [0.05, 0.1) is 13.7 Å². The van der Waals surface area contributed by atoms with E-state index in [1.54, 1.807) is 24.3 Å². The first-order valence-corrected chi connectivity index (χ1v) is 6.02. The van der Waals surface area contributed by atoms with Crippen LogP contribution in [0.1, 0.15) is 24.3 Å². The van der Waals surface area contributed by atoms with Gasteiger partial charge in [-0.05, 0) is 24.1 Å². The second-order valence-electron chi connectivity index (χ2n) is 3.64. The van der Waals surface area contributed by atoms with Gasteiger partial charge in [-0.3, -0.25) is 4.79 Å². The van der Waals surface area contributed by atoms with Crippen molar-refractivity contribution in [3.63, 3.8) is 0 Å². The fourth-order valence-corrected chi connectivity index (χ4v) is 1.56. The van der Waals surface area contributed by atoms with E-state index in [4.69, 9.17) is 16.3 Å². The van der Waals surface area contributed by atoms with Crippen molar-refractivity contribution in [3.8, 4) is 5.75 Å². The third-order valence-electron chi connectivity index (χ3n) is 2.24. The number of hydrogen-bond acceptors (Lipinski definition) is 4. The Morgan fingerprint density at radius 1 is 1.39 bits per heavy atom. The topological polar surface area (TPSA) is 52.6 Å². The predicted molar refractivity (Wildman–Crippen MR) is 67.8 cm³/mol. The third-order valence-corrected chi connectivity index (χ3v) is 2.69. The predicted octanol–water partition coefficient (Wildman–Crippen LogP) is 2.50.